The van der Waals surface area contributed by atoms with Crippen LogP contribution in [0.4, 0.5) is 16.0 Å². The molecule has 1 aromatic heterocycles. The fourth-order valence-corrected chi connectivity index (χ4v) is 2.29. The molecule has 0 saturated carbocycles. The van der Waals surface area contributed by atoms with Crippen LogP contribution < -0.4 is 5.32 Å². The van der Waals surface area contributed by atoms with Gasteiger partial charge in [-0.05, 0) is 49.7 Å². The predicted molar refractivity (Wildman–Crippen MR) is 82.7 cm³/mol. The summed E-state index contributed by atoms with van der Waals surface area (Å²) in [6, 6.07) is 14.7. The van der Waals surface area contributed by atoms with Crippen molar-refractivity contribution < 1.29 is 4.39 Å². The van der Waals surface area contributed by atoms with Gasteiger partial charge in [0.05, 0.1) is 11.4 Å². The lowest BCUT2D eigenvalue weighted by Gasteiger charge is -2.10. The summed E-state index contributed by atoms with van der Waals surface area (Å²) in [6.07, 6.45) is 1.89. The number of benzene rings is 2. The molecule has 0 aliphatic carbocycles. The fourth-order valence-electron chi connectivity index (χ4n) is 2.29. The van der Waals surface area contributed by atoms with Crippen molar-refractivity contribution in [3.05, 3.63) is 71.8 Å². The van der Waals surface area contributed by atoms with E-state index in [1.54, 1.807) is 0 Å². The van der Waals surface area contributed by atoms with Gasteiger partial charge in [0.1, 0.15) is 5.82 Å². The van der Waals surface area contributed by atoms with Crippen LogP contribution in [0.5, 0.6) is 0 Å². The molecule has 0 radical (unpaired) electrons. The third kappa shape index (κ3) is 2.94. The lowest BCUT2D eigenvalue weighted by Crippen LogP contribution is -2.01. The number of nitrogens with one attached hydrogen (secondary N) is 1. The monoisotopic (exact) mass is 281 g/mol. The van der Waals surface area contributed by atoms with Crippen molar-refractivity contribution in [1.29, 1.82) is 0 Å². The smallest absolute Gasteiger partial charge is 0.212 e. The van der Waals surface area contributed by atoms with Crippen LogP contribution in [-0.4, -0.2) is 9.55 Å². The molecule has 0 aliphatic rings. The quantitative estimate of drug-likeness (QED) is 0.772. The number of hydrogen-bond acceptors (Lipinski definition) is 2. The summed E-state index contributed by atoms with van der Waals surface area (Å²) in [5.41, 5.74) is 3.45. The molecule has 0 fully saturated rings. The fraction of sp³-hybridized carbons (Fsp3) is 0.118. The number of hydrogen-bond donors (Lipinski definition) is 1. The summed E-state index contributed by atoms with van der Waals surface area (Å²) >= 11 is 0. The van der Waals surface area contributed by atoms with E-state index in [0.29, 0.717) is 5.95 Å². The zero-order chi connectivity index (χ0) is 14.8. The second-order valence-corrected chi connectivity index (χ2v) is 5.05. The van der Waals surface area contributed by atoms with Crippen LogP contribution in [0.15, 0.2) is 54.7 Å². The summed E-state index contributed by atoms with van der Waals surface area (Å²) in [6.45, 7) is 3.79. The SMILES string of the molecule is Cc1cc(F)cc(-n2cc(C)nc2Nc2ccccc2)c1. The molecule has 0 aliphatic heterocycles. The molecule has 2 aromatic carbocycles. The second kappa shape index (κ2) is 5.40. The summed E-state index contributed by atoms with van der Waals surface area (Å²) in [5.74, 6) is 0.422. The lowest BCUT2D eigenvalue weighted by atomic mass is 10.2. The van der Waals surface area contributed by atoms with Gasteiger partial charge in [-0.3, -0.25) is 4.57 Å². The minimum atomic E-state index is -0.248. The van der Waals surface area contributed by atoms with E-state index < -0.39 is 0 Å². The van der Waals surface area contributed by atoms with E-state index in [-0.39, 0.29) is 5.82 Å². The maximum atomic E-state index is 13.6. The van der Waals surface area contributed by atoms with Crippen molar-refractivity contribution in [2.75, 3.05) is 5.32 Å². The average Bonchev–Trinajstić information content (AvgIpc) is 2.80. The van der Waals surface area contributed by atoms with Crippen LogP contribution in [0.3, 0.4) is 0 Å². The van der Waals surface area contributed by atoms with Gasteiger partial charge in [-0.1, -0.05) is 18.2 Å². The first-order valence-electron chi connectivity index (χ1n) is 6.77. The normalized spacial score (nSPS) is 10.6. The minimum absolute atomic E-state index is 0.248. The molecule has 0 amide bonds. The highest BCUT2D eigenvalue weighted by Gasteiger charge is 2.09. The Kier molecular flexibility index (Phi) is 3.44. The van der Waals surface area contributed by atoms with Crippen LogP contribution in [0.25, 0.3) is 5.69 Å². The first-order valence-corrected chi connectivity index (χ1v) is 6.77. The largest absolute Gasteiger partial charge is 0.325 e. The molecule has 0 atom stereocenters. The van der Waals surface area contributed by atoms with E-state index in [1.165, 1.54) is 12.1 Å². The van der Waals surface area contributed by atoms with Gasteiger partial charge in [0.2, 0.25) is 5.95 Å². The third-order valence-electron chi connectivity index (χ3n) is 3.16. The van der Waals surface area contributed by atoms with Gasteiger partial charge in [0, 0.05) is 11.9 Å². The molecule has 0 bridgehead atoms. The Morgan fingerprint density at radius 1 is 1.05 bits per heavy atom. The molecular formula is C17H16FN3. The average molecular weight is 281 g/mol. The summed E-state index contributed by atoms with van der Waals surface area (Å²) in [5, 5.41) is 3.26. The predicted octanol–water partition coefficient (Wildman–Crippen LogP) is 4.37. The first kappa shape index (κ1) is 13.4. The number of rotatable bonds is 3. The highest BCUT2D eigenvalue weighted by molar-refractivity contribution is 5.56. The highest BCUT2D eigenvalue weighted by atomic mass is 19.1. The van der Waals surface area contributed by atoms with Gasteiger partial charge in [0.15, 0.2) is 0 Å². The third-order valence-corrected chi connectivity index (χ3v) is 3.16. The van der Waals surface area contributed by atoms with Crippen LogP contribution in [0, 0.1) is 19.7 Å². The molecule has 0 spiro atoms. The number of halogens is 1. The van der Waals surface area contributed by atoms with E-state index in [4.69, 9.17) is 0 Å². The van der Waals surface area contributed by atoms with Crippen molar-refractivity contribution >= 4 is 11.6 Å². The maximum absolute atomic E-state index is 13.6. The number of imidazole rings is 1. The molecule has 3 aromatic rings. The van der Waals surface area contributed by atoms with Crippen LogP contribution >= 0.6 is 0 Å². The Bertz CT molecular complexity index is 743. The molecule has 106 valence electrons. The zero-order valence-electron chi connectivity index (χ0n) is 12.0. The van der Waals surface area contributed by atoms with E-state index in [0.717, 1.165) is 22.6 Å². The Balaban J connectivity index is 2.03. The number of anilines is 2. The summed E-state index contributed by atoms with van der Waals surface area (Å²) < 4.78 is 15.5. The summed E-state index contributed by atoms with van der Waals surface area (Å²) in [4.78, 5) is 4.47. The van der Waals surface area contributed by atoms with Gasteiger partial charge in [-0.25, -0.2) is 9.37 Å². The van der Waals surface area contributed by atoms with E-state index in [9.17, 15) is 4.39 Å². The summed E-state index contributed by atoms with van der Waals surface area (Å²) in [7, 11) is 0. The number of nitrogens with zero attached hydrogens (tertiary/aromatic N) is 2. The Morgan fingerprint density at radius 3 is 2.52 bits per heavy atom. The molecule has 3 rings (SSSR count). The highest BCUT2D eigenvalue weighted by Crippen LogP contribution is 2.22. The Morgan fingerprint density at radius 2 is 1.81 bits per heavy atom. The van der Waals surface area contributed by atoms with Gasteiger partial charge >= 0.3 is 0 Å². The Hall–Kier alpha value is -2.62. The Labute approximate surface area is 123 Å². The molecule has 1 heterocycles. The van der Waals surface area contributed by atoms with Crippen molar-refractivity contribution in [3.63, 3.8) is 0 Å². The van der Waals surface area contributed by atoms with E-state index in [2.05, 4.69) is 10.3 Å². The van der Waals surface area contributed by atoms with Gasteiger partial charge in [-0.15, -0.1) is 0 Å². The molecule has 0 saturated heterocycles. The standard InChI is InChI=1S/C17H16FN3/c1-12-8-14(18)10-16(9-12)21-11-13(2)19-17(21)20-15-6-4-3-5-7-15/h3-11H,1-2H3,(H,19,20). The van der Waals surface area contributed by atoms with Gasteiger partial charge in [0.25, 0.3) is 0 Å². The first-order chi connectivity index (χ1) is 10.1. The van der Waals surface area contributed by atoms with Crippen LogP contribution in [0.1, 0.15) is 11.3 Å². The molecular weight excluding hydrogens is 265 g/mol. The van der Waals surface area contributed by atoms with E-state index >= 15 is 0 Å². The van der Waals surface area contributed by atoms with Crippen molar-refractivity contribution in [2.24, 2.45) is 0 Å². The number of aryl methyl sites for hydroxylation is 2. The van der Waals surface area contributed by atoms with Crippen molar-refractivity contribution in [2.45, 2.75) is 13.8 Å². The molecule has 3 nitrogen and oxygen atoms in total. The van der Waals surface area contributed by atoms with Crippen molar-refractivity contribution in [1.82, 2.24) is 9.55 Å². The molecule has 0 unspecified atom stereocenters. The van der Waals surface area contributed by atoms with Crippen LogP contribution in [-0.2, 0) is 0 Å². The van der Waals surface area contributed by atoms with Crippen LogP contribution in [0.2, 0.25) is 0 Å². The molecule has 21 heavy (non-hydrogen) atoms. The molecule has 1 N–H and O–H groups in total. The van der Waals surface area contributed by atoms with Crippen molar-refractivity contribution in [3.8, 4) is 5.69 Å². The number of aromatic nitrogens is 2. The van der Waals surface area contributed by atoms with E-state index in [1.807, 2.05) is 61.0 Å². The maximum Gasteiger partial charge on any atom is 0.212 e. The minimum Gasteiger partial charge on any atom is -0.325 e. The van der Waals surface area contributed by atoms with Gasteiger partial charge in [-0.2, -0.15) is 0 Å². The second-order valence-electron chi connectivity index (χ2n) is 5.05. The molecule has 4 heteroatoms. The lowest BCUT2D eigenvalue weighted by molar-refractivity contribution is 0.625. The van der Waals surface area contributed by atoms with Gasteiger partial charge < -0.3 is 5.32 Å². The topological polar surface area (TPSA) is 29.9 Å². The number of para-hydroxylation sites is 1. The zero-order valence-corrected chi connectivity index (χ0v) is 12.0.